The van der Waals surface area contributed by atoms with Gasteiger partial charge in [-0.3, -0.25) is 4.79 Å². The number of carbonyl (C=O) groups excluding carboxylic acids is 2. The largest absolute Gasteiger partial charge is 0.444 e. The number of nitrogens with one attached hydrogen (secondary N) is 1. The third kappa shape index (κ3) is 5.82. The van der Waals surface area contributed by atoms with Crippen LogP contribution in [0.3, 0.4) is 0 Å². The van der Waals surface area contributed by atoms with E-state index in [1.165, 1.54) is 6.07 Å². The Morgan fingerprint density at radius 1 is 1.18 bits per heavy atom. The first kappa shape index (κ1) is 21.9. The number of amides is 2. The lowest BCUT2D eigenvalue weighted by atomic mass is 10.0. The number of hydrogen-bond acceptors (Lipinski definition) is 5. The van der Waals surface area contributed by atoms with Gasteiger partial charge in [-0.25, -0.2) is 9.18 Å². The minimum absolute atomic E-state index is 0.00890. The van der Waals surface area contributed by atoms with Crippen molar-refractivity contribution in [3.8, 4) is 0 Å². The lowest BCUT2D eigenvalue weighted by Crippen LogP contribution is -2.50. The number of hydrogen-bond donors (Lipinski definition) is 2. The first-order valence-electron chi connectivity index (χ1n) is 9.57. The second kappa shape index (κ2) is 8.77. The average Bonchev–Trinajstić information content (AvgIpc) is 2.59. The number of ether oxygens (including phenoxy) is 1. The summed E-state index contributed by atoms with van der Waals surface area (Å²) in [5.41, 5.74) is 6.08. The molecule has 0 bridgehead atoms. The van der Waals surface area contributed by atoms with Gasteiger partial charge in [-0.2, -0.15) is 0 Å². The summed E-state index contributed by atoms with van der Waals surface area (Å²) < 4.78 is 20.0. The highest BCUT2D eigenvalue weighted by atomic mass is 19.1. The predicted octanol–water partition coefficient (Wildman–Crippen LogP) is 2.80. The Morgan fingerprint density at radius 3 is 2.29 bits per heavy atom. The van der Waals surface area contributed by atoms with Crippen molar-refractivity contribution >= 4 is 23.4 Å². The first-order chi connectivity index (χ1) is 13.0. The third-order valence-corrected chi connectivity index (χ3v) is 4.51. The van der Waals surface area contributed by atoms with E-state index >= 15 is 0 Å². The van der Waals surface area contributed by atoms with Crippen LogP contribution in [-0.2, 0) is 9.53 Å². The zero-order valence-corrected chi connectivity index (χ0v) is 17.3. The number of nitrogens with two attached hydrogens (primary N) is 1. The number of anilines is 2. The SMILES string of the molecule is CC(C)[C@@H](N)C(=O)Nc1ccc(N2CCN(C(=O)OC(C)(C)C)CC2)c(F)c1. The maximum Gasteiger partial charge on any atom is 0.410 e. The van der Waals surface area contributed by atoms with Crippen LogP contribution in [0, 0.1) is 11.7 Å². The third-order valence-electron chi connectivity index (χ3n) is 4.51. The molecule has 1 atom stereocenters. The van der Waals surface area contributed by atoms with Gasteiger partial charge in [0, 0.05) is 31.9 Å². The molecule has 1 saturated heterocycles. The maximum atomic E-state index is 14.6. The Balaban J connectivity index is 1.97. The number of rotatable bonds is 4. The summed E-state index contributed by atoms with van der Waals surface area (Å²) in [6.45, 7) is 11.1. The van der Waals surface area contributed by atoms with E-state index in [4.69, 9.17) is 10.5 Å². The van der Waals surface area contributed by atoms with E-state index in [9.17, 15) is 14.0 Å². The van der Waals surface area contributed by atoms with Gasteiger partial charge in [-0.1, -0.05) is 13.8 Å². The molecule has 0 unspecified atom stereocenters. The van der Waals surface area contributed by atoms with E-state index < -0.39 is 17.5 Å². The van der Waals surface area contributed by atoms with Gasteiger partial charge in [-0.05, 0) is 44.9 Å². The molecule has 1 heterocycles. The molecule has 1 aliphatic heterocycles. The van der Waals surface area contributed by atoms with Crippen LogP contribution in [0.1, 0.15) is 34.6 Å². The first-order valence-corrected chi connectivity index (χ1v) is 9.57. The second-order valence-corrected chi connectivity index (χ2v) is 8.38. The molecule has 1 fully saturated rings. The molecule has 1 aliphatic rings. The molecule has 28 heavy (non-hydrogen) atoms. The molecular formula is C20H31FN4O3. The summed E-state index contributed by atoms with van der Waals surface area (Å²) in [6.07, 6.45) is -0.354. The average molecular weight is 394 g/mol. The number of halogens is 1. The topological polar surface area (TPSA) is 87.9 Å². The van der Waals surface area contributed by atoms with Crippen molar-refractivity contribution in [1.29, 1.82) is 0 Å². The molecule has 0 aromatic heterocycles. The lowest BCUT2D eigenvalue weighted by Gasteiger charge is -2.36. The summed E-state index contributed by atoms with van der Waals surface area (Å²) in [5.74, 6) is -0.778. The fourth-order valence-electron chi connectivity index (χ4n) is 2.83. The molecule has 8 heteroatoms. The molecule has 1 aromatic rings. The summed E-state index contributed by atoms with van der Waals surface area (Å²) in [7, 11) is 0. The van der Waals surface area contributed by atoms with Crippen LogP contribution in [0.15, 0.2) is 18.2 Å². The van der Waals surface area contributed by atoms with Crippen molar-refractivity contribution in [3.05, 3.63) is 24.0 Å². The van der Waals surface area contributed by atoms with E-state index in [1.807, 2.05) is 39.5 Å². The lowest BCUT2D eigenvalue weighted by molar-refractivity contribution is -0.118. The summed E-state index contributed by atoms with van der Waals surface area (Å²) in [6, 6.07) is 3.93. The molecule has 156 valence electrons. The van der Waals surface area contributed by atoms with Gasteiger partial charge in [-0.15, -0.1) is 0 Å². The van der Waals surface area contributed by atoms with Crippen LogP contribution in [0.2, 0.25) is 0 Å². The van der Waals surface area contributed by atoms with Gasteiger partial charge in [0.1, 0.15) is 11.4 Å². The van der Waals surface area contributed by atoms with Gasteiger partial charge in [0.05, 0.1) is 11.7 Å². The van der Waals surface area contributed by atoms with E-state index in [-0.39, 0.29) is 17.9 Å². The van der Waals surface area contributed by atoms with Crippen molar-refractivity contribution in [2.45, 2.75) is 46.3 Å². The number of carbonyl (C=O) groups is 2. The molecule has 2 rings (SSSR count). The van der Waals surface area contributed by atoms with Crippen LogP contribution in [-0.4, -0.2) is 54.7 Å². The zero-order valence-electron chi connectivity index (χ0n) is 17.3. The molecule has 2 amide bonds. The summed E-state index contributed by atoms with van der Waals surface area (Å²) in [4.78, 5) is 27.7. The Labute approximate surface area is 166 Å². The smallest absolute Gasteiger partial charge is 0.410 e. The highest BCUT2D eigenvalue weighted by molar-refractivity contribution is 5.95. The highest BCUT2D eigenvalue weighted by Gasteiger charge is 2.27. The Kier molecular flexibility index (Phi) is 6.87. The Bertz CT molecular complexity index is 710. The van der Waals surface area contributed by atoms with Gasteiger partial charge in [0.2, 0.25) is 5.91 Å². The molecule has 0 radical (unpaired) electrons. The summed E-state index contributed by atoms with van der Waals surface area (Å²) in [5, 5.41) is 2.65. The van der Waals surface area contributed by atoms with E-state index in [1.54, 1.807) is 17.0 Å². The maximum absolute atomic E-state index is 14.6. The fraction of sp³-hybridized carbons (Fsp3) is 0.600. The predicted molar refractivity (Wildman–Crippen MR) is 108 cm³/mol. The molecule has 7 nitrogen and oxygen atoms in total. The van der Waals surface area contributed by atoms with Crippen LogP contribution >= 0.6 is 0 Å². The molecular weight excluding hydrogens is 363 g/mol. The van der Waals surface area contributed by atoms with Crippen LogP contribution < -0.4 is 16.0 Å². The van der Waals surface area contributed by atoms with Crippen molar-refractivity contribution in [2.24, 2.45) is 11.7 Å². The number of nitrogens with zero attached hydrogens (tertiary/aromatic N) is 2. The van der Waals surface area contributed by atoms with E-state index in [0.717, 1.165) is 0 Å². The van der Waals surface area contributed by atoms with Crippen molar-refractivity contribution < 1.29 is 18.7 Å². The highest BCUT2D eigenvalue weighted by Crippen LogP contribution is 2.25. The monoisotopic (exact) mass is 394 g/mol. The van der Waals surface area contributed by atoms with Gasteiger partial charge in [0.25, 0.3) is 0 Å². The van der Waals surface area contributed by atoms with E-state index in [0.29, 0.717) is 37.6 Å². The van der Waals surface area contributed by atoms with Gasteiger partial charge >= 0.3 is 6.09 Å². The van der Waals surface area contributed by atoms with Crippen LogP contribution in [0.4, 0.5) is 20.6 Å². The fourth-order valence-corrected chi connectivity index (χ4v) is 2.83. The molecule has 1 aromatic carbocycles. The van der Waals surface area contributed by atoms with Gasteiger partial charge in [0.15, 0.2) is 0 Å². The van der Waals surface area contributed by atoms with Crippen molar-refractivity contribution in [3.63, 3.8) is 0 Å². The van der Waals surface area contributed by atoms with Crippen molar-refractivity contribution in [1.82, 2.24) is 4.90 Å². The number of piperazine rings is 1. The minimum Gasteiger partial charge on any atom is -0.444 e. The second-order valence-electron chi connectivity index (χ2n) is 8.38. The zero-order chi connectivity index (χ0) is 21.1. The van der Waals surface area contributed by atoms with Crippen molar-refractivity contribution in [2.75, 3.05) is 36.4 Å². The summed E-state index contributed by atoms with van der Waals surface area (Å²) >= 11 is 0. The molecule has 0 saturated carbocycles. The Morgan fingerprint density at radius 2 is 1.79 bits per heavy atom. The van der Waals surface area contributed by atoms with E-state index in [2.05, 4.69) is 5.32 Å². The number of benzene rings is 1. The molecule has 3 N–H and O–H groups in total. The minimum atomic E-state index is -0.649. The molecule has 0 aliphatic carbocycles. The van der Waals surface area contributed by atoms with Crippen LogP contribution in [0.25, 0.3) is 0 Å². The standard InChI is InChI=1S/C20H31FN4O3/c1-13(2)17(22)18(26)23-14-6-7-16(15(21)12-14)24-8-10-25(11-9-24)19(27)28-20(3,4)5/h6-7,12-13,17H,8-11,22H2,1-5H3,(H,23,26)/t17-/m1/s1. The van der Waals surface area contributed by atoms with Gasteiger partial charge < -0.3 is 25.6 Å². The Hall–Kier alpha value is -2.35. The quantitative estimate of drug-likeness (QED) is 0.820. The molecule has 0 spiro atoms. The normalized spacial score (nSPS) is 16.1. The van der Waals surface area contributed by atoms with Crippen LogP contribution in [0.5, 0.6) is 0 Å².